The lowest BCUT2D eigenvalue weighted by Gasteiger charge is -2.42. The van der Waals surface area contributed by atoms with Crippen molar-refractivity contribution in [1.29, 1.82) is 0 Å². The number of rotatable bonds is 2. The van der Waals surface area contributed by atoms with E-state index in [-0.39, 0.29) is 17.3 Å². The lowest BCUT2D eigenvalue weighted by Crippen LogP contribution is -2.49. The molecule has 2 aromatic rings. The quantitative estimate of drug-likeness (QED) is 0.885. The second-order valence-electron chi connectivity index (χ2n) is 5.87. The molecule has 2 aliphatic rings. The molecule has 2 aromatic carbocycles. The van der Waals surface area contributed by atoms with Gasteiger partial charge in [-0.2, -0.15) is 0 Å². The topological polar surface area (TPSA) is 86.7 Å². The van der Waals surface area contributed by atoms with Gasteiger partial charge < -0.3 is 15.3 Å². The molecule has 0 bridgehead atoms. The minimum atomic E-state index is -0.995. The Morgan fingerprint density at radius 1 is 1.08 bits per heavy atom. The molecule has 4 rings (SSSR count). The highest BCUT2D eigenvalue weighted by atomic mass is 16.4. The third kappa shape index (κ3) is 2.07. The summed E-state index contributed by atoms with van der Waals surface area (Å²) in [6.07, 6.45) is -0.0298. The fourth-order valence-corrected chi connectivity index (χ4v) is 3.34. The number of hydrogen-bond donors (Lipinski definition) is 2. The van der Waals surface area contributed by atoms with Gasteiger partial charge in [0.15, 0.2) is 5.78 Å². The lowest BCUT2D eigenvalue weighted by molar-refractivity contribution is 0.0696. The molecule has 1 unspecified atom stereocenters. The molecular formula is C18H14N2O4. The molecule has 0 aromatic heterocycles. The summed E-state index contributed by atoms with van der Waals surface area (Å²) in [5.74, 6) is -1.19. The first-order valence-corrected chi connectivity index (χ1v) is 7.63. The molecule has 1 atom stereocenters. The number of ketones is 1. The summed E-state index contributed by atoms with van der Waals surface area (Å²) in [6, 6.07) is 11.6. The summed E-state index contributed by atoms with van der Waals surface area (Å²) in [4.78, 5) is 37.6. The van der Waals surface area contributed by atoms with Crippen LogP contribution in [0.15, 0.2) is 42.5 Å². The molecule has 0 spiro atoms. The van der Waals surface area contributed by atoms with Gasteiger partial charge in [-0.3, -0.25) is 9.59 Å². The normalized spacial score (nSPS) is 18.8. The second kappa shape index (κ2) is 5.19. The van der Waals surface area contributed by atoms with E-state index in [0.29, 0.717) is 29.8 Å². The van der Waals surface area contributed by atoms with E-state index < -0.39 is 12.1 Å². The SMILES string of the molecule is O=C(O)c1ccc(C2NC(=O)c3cccc4c3N2CCC4=O)cc1. The van der Waals surface area contributed by atoms with E-state index in [1.807, 2.05) is 4.90 Å². The molecule has 6 nitrogen and oxygen atoms in total. The van der Waals surface area contributed by atoms with Crippen LogP contribution in [-0.2, 0) is 0 Å². The van der Waals surface area contributed by atoms with Gasteiger partial charge in [0.2, 0.25) is 0 Å². The fraction of sp³-hybridized carbons (Fsp3) is 0.167. The summed E-state index contributed by atoms with van der Waals surface area (Å²) in [5.41, 5.74) is 2.71. The highest BCUT2D eigenvalue weighted by Gasteiger charge is 2.37. The molecule has 0 radical (unpaired) electrons. The van der Waals surface area contributed by atoms with Crippen LogP contribution >= 0.6 is 0 Å². The zero-order chi connectivity index (χ0) is 16.8. The molecule has 6 heteroatoms. The van der Waals surface area contributed by atoms with Crippen molar-refractivity contribution in [3.05, 3.63) is 64.7 Å². The van der Waals surface area contributed by atoms with Crippen LogP contribution in [0.4, 0.5) is 5.69 Å². The Morgan fingerprint density at radius 3 is 2.50 bits per heavy atom. The van der Waals surface area contributed by atoms with E-state index in [2.05, 4.69) is 5.32 Å². The summed E-state index contributed by atoms with van der Waals surface area (Å²) in [6.45, 7) is 0.508. The van der Waals surface area contributed by atoms with Crippen molar-refractivity contribution in [2.45, 2.75) is 12.6 Å². The van der Waals surface area contributed by atoms with Crippen LogP contribution in [0, 0.1) is 0 Å². The minimum absolute atomic E-state index is 0.0396. The van der Waals surface area contributed by atoms with Gasteiger partial charge in [-0.05, 0) is 29.8 Å². The molecule has 2 aliphatic heterocycles. The Morgan fingerprint density at radius 2 is 1.79 bits per heavy atom. The molecule has 0 saturated carbocycles. The van der Waals surface area contributed by atoms with Gasteiger partial charge in [0.25, 0.3) is 5.91 Å². The maximum absolute atomic E-state index is 12.4. The monoisotopic (exact) mass is 322 g/mol. The molecule has 24 heavy (non-hydrogen) atoms. The van der Waals surface area contributed by atoms with Crippen LogP contribution in [0.3, 0.4) is 0 Å². The van der Waals surface area contributed by atoms with Gasteiger partial charge in [0.1, 0.15) is 6.17 Å². The van der Waals surface area contributed by atoms with Crippen molar-refractivity contribution in [2.75, 3.05) is 11.4 Å². The third-order valence-electron chi connectivity index (χ3n) is 4.50. The van der Waals surface area contributed by atoms with Gasteiger partial charge >= 0.3 is 5.97 Å². The molecule has 0 aliphatic carbocycles. The third-order valence-corrected chi connectivity index (χ3v) is 4.50. The zero-order valence-electron chi connectivity index (χ0n) is 12.7. The van der Waals surface area contributed by atoms with E-state index in [9.17, 15) is 14.4 Å². The first-order chi connectivity index (χ1) is 11.6. The maximum Gasteiger partial charge on any atom is 0.335 e. The van der Waals surface area contributed by atoms with Crippen LogP contribution in [0.5, 0.6) is 0 Å². The van der Waals surface area contributed by atoms with E-state index in [1.54, 1.807) is 30.3 Å². The second-order valence-corrected chi connectivity index (χ2v) is 5.87. The minimum Gasteiger partial charge on any atom is -0.478 e. The summed E-state index contributed by atoms with van der Waals surface area (Å²) < 4.78 is 0. The fourth-order valence-electron chi connectivity index (χ4n) is 3.34. The largest absolute Gasteiger partial charge is 0.478 e. The standard InChI is InChI=1S/C18H14N2O4/c21-14-8-9-20-15-12(14)2-1-3-13(15)17(22)19-16(20)10-4-6-11(7-5-10)18(23)24/h1-7,16H,8-9H2,(H,19,22)(H,23,24). The van der Waals surface area contributed by atoms with E-state index in [4.69, 9.17) is 5.11 Å². The number of para-hydroxylation sites is 1. The molecule has 0 saturated heterocycles. The van der Waals surface area contributed by atoms with E-state index in [0.717, 1.165) is 5.56 Å². The highest BCUT2D eigenvalue weighted by molar-refractivity contribution is 6.11. The Hall–Kier alpha value is -3.15. The Balaban J connectivity index is 1.80. The number of nitrogens with zero attached hydrogens (tertiary/aromatic N) is 1. The lowest BCUT2D eigenvalue weighted by atomic mass is 9.92. The van der Waals surface area contributed by atoms with Crippen LogP contribution in [0.2, 0.25) is 0 Å². The number of anilines is 1. The summed E-state index contributed by atoms with van der Waals surface area (Å²) in [7, 11) is 0. The number of nitrogens with one attached hydrogen (secondary N) is 1. The number of carboxylic acid groups (broad SMARTS) is 1. The van der Waals surface area contributed by atoms with Crippen molar-refractivity contribution in [1.82, 2.24) is 5.32 Å². The van der Waals surface area contributed by atoms with Gasteiger partial charge in [0.05, 0.1) is 16.8 Å². The Bertz CT molecular complexity index is 859. The molecule has 2 N–H and O–H groups in total. The number of carbonyl (C=O) groups is 3. The van der Waals surface area contributed by atoms with E-state index in [1.165, 1.54) is 12.1 Å². The van der Waals surface area contributed by atoms with Gasteiger partial charge in [-0.25, -0.2) is 4.79 Å². The Labute approximate surface area is 137 Å². The predicted octanol–water partition coefficient (Wildman–Crippen LogP) is 2.22. The number of carboxylic acids is 1. The molecule has 1 amide bonds. The number of aromatic carboxylic acids is 1. The van der Waals surface area contributed by atoms with Crippen LogP contribution in [0.1, 0.15) is 49.2 Å². The summed E-state index contributed by atoms with van der Waals surface area (Å²) >= 11 is 0. The molecule has 0 fully saturated rings. The van der Waals surface area contributed by atoms with Gasteiger partial charge in [0, 0.05) is 18.5 Å². The number of Topliss-reactive ketones (excluding diaryl/α,β-unsaturated/α-hetero) is 1. The van der Waals surface area contributed by atoms with Crippen molar-refractivity contribution in [2.24, 2.45) is 0 Å². The number of amides is 1. The summed E-state index contributed by atoms with van der Waals surface area (Å²) in [5, 5.41) is 12.0. The number of hydrogen-bond acceptors (Lipinski definition) is 4. The Kier molecular flexibility index (Phi) is 3.13. The molecule has 120 valence electrons. The average molecular weight is 322 g/mol. The highest BCUT2D eigenvalue weighted by Crippen LogP contribution is 2.39. The number of carbonyl (C=O) groups excluding carboxylic acids is 2. The van der Waals surface area contributed by atoms with Crippen LogP contribution in [0.25, 0.3) is 0 Å². The van der Waals surface area contributed by atoms with Crippen molar-refractivity contribution >= 4 is 23.3 Å². The van der Waals surface area contributed by atoms with E-state index >= 15 is 0 Å². The number of benzene rings is 2. The average Bonchev–Trinajstić information content (AvgIpc) is 2.60. The van der Waals surface area contributed by atoms with Crippen LogP contribution < -0.4 is 10.2 Å². The maximum atomic E-state index is 12.4. The van der Waals surface area contributed by atoms with Crippen molar-refractivity contribution in [3.8, 4) is 0 Å². The van der Waals surface area contributed by atoms with Gasteiger partial charge in [-0.15, -0.1) is 0 Å². The predicted molar refractivity (Wildman–Crippen MR) is 86.3 cm³/mol. The van der Waals surface area contributed by atoms with Crippen molar-refractivity contribution < 1.29 is 19.5 Å². The first kappa shape index (κ1) is 14.4. The smallest absolute Gasteiger partial charge is 0.335 e. The molecular weight excluding hydrogens is 308 g/mol. The van der Waals surface area contributed by atoms with Crippen molar-refractivity contribution in [3.63, 3.8) is 0 Å². The van der Waals surface area contributed by atoms with Gasteiger partial charge in [-0.1, -0.05) is 18.2 Å². The molecule has 2 heterocycles. The van der Waals surface area contributed by atoms with Crippen LogP contribution in [-0.4, -0.2) is 29.3 Å². The first-order valence-electron chi connectivity index (χ1n) is 7.63. The zero-order valence-corrected chi connectivity index (χ0v) is 12.7.